The van der Waals surface area contributed by atoms with Crippen molar-refractivity contribution in [2.24, 2.45) is 0 Å². The number of nitrogens with zero attached hydrogens (tertiary/aromatic N) is 1. The molecule has 1 amide bonds. The van der Waals surface area contributed by atoms with Gasteiger partial charge in [0, 0.05) is 17.9 Å². The van der Waals surface area contributed by atoms with E-state index in [1.165, 1.54) is 0 Å². The zero-order chi connectivity index (χ0) is 11.7. The summed E-state index contributed by atoms with van der Waals surface area (Å²) in [4.78, 5) is 13.5. The summed E-state index contributed by atoms with van der Waals surface area (Å²) in [6, 6.07) is 3.79. The molecular weight excluding hydrogens is 204 g/mol. The molecule has 4 heteroatoms. The van der Waals surface area contributed by atoms with E-state index in [1.807, 2.05) is 26.0 Å². The van der Waals surface area contributed by atoms with Crippen LogP contribution in [0.25, 0.3) is 0 Å². The minimum atomic E-state index is 0.0159. The summed E-state index contributed by atoms with van der Waals surface area (Å²) in [7, 11) is 0. The largest absolute Gasteiger partial charge is 0.399 e. The lowest BCUT2D eigenvalue weighted by Crippen LogP contribution is -2.42. The zero-order valence-electron chi connectivity index (χ0n) is 9.62. The highest BCUT2D eigenvalue weighted by atomic mass is 16.5. The van der Waals surface area contributed by atoms with Gasteiger partial charge in [-0.25, -0.2) is 0 Å². The molecule has 0 atom stereocenters. The summed E-state index contributed by atoms with van der Waals surface area (Å²) in [6.45, 7) is 5.32. The van der Waals surface area contributed by atoms with E-state index >= 15 is 0 Å². The van der Waals surface area contributed by atoms with E-state index in [1.54, 1.807) is 4.90 Å². The highest BCUT2D eigenvalue weighted by molar-refractivity contribution is 5.96. The van der Waals surface area contributed by atoms with Crippen molar-refractivity contribution in [3.63, 3.8) is 0 Å². The predicted molar refractivity (Wildman–Crippen MR) is 63.5 cm³/mol. The number of carbonyl (C=O) groups excluding carboxylic acids is 1. The van der Waals surface area contributed by atoms with Gasteiger partial charge in [-0.15, -0.1) is 0 Å². The van der Waals surface area contributed by atoms with Crippen molar-refractivity contribution in [3.05, 3.63) is 23.3 Å². The maximum atomic E-state index is 11.8. The average molecular weight is 220 g/mol. The van der Waals surface area contributed by atoms with E-state index < -0.39 is 0 Å². The van der Waals surface area contributed by atoms with Crippen molar-refractivity contribution in [1.82, 2.24) is 0 Å². The van der Waals surface area contributed by atoms with Gasteiger partial charge >= 0.3 is 0 Å². The Morgan fingerprint density at radius 1 is 1.31 bits per heavy atom. The Morgan fingerprint density at radius 3 is 2.50 bits per heavy atom. The van der Waals surface area contributed by atoms with Crippen molar-refractivity contribution < 1.29 is 9.53 Å². The first-order valence-corrected chi connectivity index (χ1v) is 5.34. The molecule has 2 N–H and O–H groups in total. The Kier molecular flexibility index (Phi) is 2.83. The van der Waals surface area contributed by atoms with Crippen molar-refractivity contribution in [2.75, 3.05) is 30.4 Å². The molecule has 2 rings (SSSR count). The monoisotopic (exact) mass is 220 g/mol. The number of carbonyl (C=O) groups is 1. The topological polar surface area (TPSA) is 55.6 Å². The van der Waals surface area contributed by atoms with Crippen LogP contribution in [0.4, 0.5) is 11.4 Å². The van der Waals surface area contributed by atoms with E-state index in [2.05, 4.69) is 0 Å². The molecule has 1 aromatic carbocycles. The fraction of sp³-hybridized carbons (Fsp3) is 0.417. The number of hydrogen-bond acceptors (Lipinski definition) is 3. The summed E-state index contributed by atoms with van der Waals surface area (Å²) in [5, 5.41) is 0. The van der Waals surface area contributed by atoms with Crippen molar-refractivity contribution in [3.8, 4) is 0 Å². The Morgan fingerprint density at radius 2 is 1.94 bits per heavy atom. The first-order valence-electron chi connectivity index (χ1n) is 5.34. The van der Waals surface area contributed by atoms with Crippen LogP contribution < -0.4 is 10.6 Å². The van der Waals surface area contributed by atoms with E-state index in [0.29, 0.717) is 13.2 Å². The van der Waals surface area contributed by atoms with Gasteiger partial charge in [0.1, 0.15) is 6.61 Å². The zero-order valence-corrected chi connectivity index (χ0v) is 9.62. The molecule has 1 aromatic rings. The molecule has 1 aliphatic heterocycles. The van der Waals surface area contributed by atoms with Gasteiger partial charge in [0.25, 0.3) is 5.91 Å². The average Bonchev–Trinajstić information content (AvgIpc) is 2.19. The number of ether oxygens (including phenoxy) is 1. The Labute approximate surface area is 95.0 Å². The van der Waals surface area contributed by atoms with Gasteiger partial charge < -0.3 is 15.4 Å². The minimum Gasteiger partial charge on any atom is -0.399 e. The van der Waals surface area contributed by atoms with E-state index in [4.69, 9.17) is 10.5 Å². The van der Waals surface area contributed by atoms with Crippen LogP contribution in [0.3, 0.4) is 0 Å². The summed E-state index contributed by atoms with van der Waals surface area (Å²) < 4.78 is 5.12. The molecule has 0 radical (unpaired) electrons. The molecule has 86 valence electrons. The Balaban J connectivity index is 2.42. The maximum Gasteiger partial charge on any atom is 0.253 e. The number of benzene rings is 1. The number of nitrogen functional groups attached to an aromatic ring is 1. The highest BCUT2D eigenvalue weighted by Crippen LogP contribution is 2.28. The third-order valence-electron chi connectivity index (χ3n) is 2.77. The predicted octanol–water partition coefficient (Wildman–Crippen LogP) is 1.25. The van der Waals surface area contributed by atoms with Gasteiger partial charge in [-0.2, -0.15) is 0 Å². The number of anilines is 2. The standard InChI is InChI=1S/C12H16N2O2/c1-8-5-10(13)6-9(2)12(8)14-3-4-16-7-11(14)15/h5-6H,3-4,7,13H2,1-2H3. The summed E-state index contributed by atoms with van der Waals surface area (Å²) in [6.07, 6.45) is 0. The highest BCUT2D eigenvalue weighted by Gasteiger charge is 2.23. The van der Waals surface area contributed by atoms with Crippen LogP contribution in [0.15, 0.2) is 12.1 Å². The Hall–Kier alpha value is -1.55. The van der Waals surface area contributed by atoms with Crippen LogP contribution in [0, 0.1) is 13.8 Å². The van der Waals surface area contributed by atoms with E-state index in [9.17, 15) is 4.79 Å². The first kappa shape index (κ1) is 11.0. The van der Waals surface area contributed by atoms with Gasteiger partial charge in [-0.05, 0) is 37.1 Å². The molecule has 4 nitrogen and oxygen atoms in total. The maximum absolute atomic E-state index is 11.8. The van der Waals surface area contributed by atoms with Gasteiger partial charge in [0.05, 0.1) is 6.61 Å². The smallest absolute Gasteiger partial charge is 0.253 e. The molecular formula is C12H16N2O2. The third kappa shape index (κ3) is 1.88. The van der Waals surface area contributed by atoms with Crippen LogP contribution in [-0.4, -0.2) is 25.7 Å². The third-order valence-corrected chi connectivity index (χ3v) is 2.77. The molecule has 0 aromatic heterocycles. The van der Waals surface area contributed by atoms with Gasteiger partial charge in [0.15, 0.2) is 0 Å². The molecule has 1 saturated heterocycles. The molecule has 0 spiro atoms. The van der Waals surface area contributed by atoms with Crippen LogP contribution in [-0.2, 0) is 9.53 Å². The Bertz CT molecular complexity index is 406. The first-order chi connectivity index (χ1) is 7.59. The van der Waals surface area contributed by atoms with Gasteiger partial charge in [-0.1, -0.05) is 0 Å². The lowest BCUT2D eigenvalue weighted by molar-refractivity contribution is -0.125. The lowest BCUT2D eigenvalue weighted by atomic mass is 10.1. The van der Waals surface area contributed by atoms with Gasteiger partial charge in [-0.3, -0.25) is 4.79 Å². The number of morpholine rings is 1. The SMILES string of the molecule is Cc1cc(N)cc(C)c1N1CCOCC1=O. The molecule has 1 heterocycles. The second-order valence-electron chi connectivity index (χ2n) is 4.10. The number of nitrogens with two attached hydrogens (primary N) is 1. The van der Waals surface area contributed by atoms with Crippen molar-refractivity contribution >= 4 is 17.3 Å². The molecule has 1 fully saturated rings. The number of rotatable bonds is 1. The second-order valence-corrected chi connectivity index (χ2v) is 4.10. The quantitative estimate of drug-likeness (QED) is 0.725. The van der Waals surface area contributed by atoms with Crippen molar-refractivity contribution in [2.45, 2.75) is 13.8 Å². The number of aryl methyl sites for hydroxylation is 2. The summed E-state index contributed by atoms with van der Waals surface area (Å²) in [5.41, 5.74) is 9.54. The van der Waals surface area contributed by atoms with Crippen LogP contribution in [0.1, 0.15) is 11.1 Å². The molecule has 0 bridgehead atoms. The molecule has 0 unspecified atom stereocenters. The molecule has 16 heavy (non-hydrogen) atoms. The summed E-state index contributed by atoms with van der Waals surface area (Å²) in [5.74, 6) is 0.0159. The normalized spacial score (nSPS) is 16.6. The molecule has 0 saturated carbocycles. The van der Waals surface area contributed by atoms with Crippen LogP contribution >= 0.6 is 0 Å². The summed E-state index contributed by atoms with van der Waals surface area (Å²) >= 11 is 0. The van der Waals surface area contributed by atoms with Gasteiger partial charge in [0.2, 0.25) is 0 Å². The van der Waals surface area contributed by atoms with Crippen LogP contribution in [0.2, 0.25) is 0 Å². The minimum absolute atomic E-state index is 0.0159. The number of hydrogen-bond donors (Lipinski definition) is 1. The molecule has 1 aliphatic rings. The lowest BCUT2D eigenvalue weighted by Gasteiger charge is -2.29. The van der Waals surface area contributed by atoms with E-state index in [-0.39, 0.29) is 12.5 Å². The fourth-order valence-electron chi connectivity index (χ4n) is 2.17. The van der Waals surface area contributed by atoms with Crippen LogP contribution in [0.5, 0.6) is 0 Å². The van der Waals surface area contributed by atoms with Crippen molar-refractivity contribution in [1.29, 1.82) is 0 Å². The second kappa shape index (κ2) is 4.14. The molecule has 0 aliphatic carbocycles. The number of amides is 1. The fourth-order valence-corrected chi connectivity index (χ4v) is 2.17. The van der Waals surface area contributed by atoms with E-state index in [0.717, 1.165) is 22.5 Å².